The van der Waals surface area contributed by atoms with Crippen LogP contribution in [0.2, 0.25) is 0 Å². The van der Waals surface area contributed by atoms with Crippen LogP contribution < -0.4 is 4.74 Å². The quantitative estimate of drug-likeness (QED) is 0.794. The Morgan fingerprint density at radius 3 is 2.93 bits per heavy atom. The smallest absolute Gasteiger partial charge is 0.141 e. The minimum Gasteiger partial charge on any atom is -0.495 e. The van der Waals surface area contributed by atoms with Crippen molar-refractivity contribution in [2.45, 2.75) is 13.3 Å². The first-order valence-electron chi connectivity index (χ1n) is 4.50. The molecule has 0 atom stereocenters. The van der Waals surface area contributed by atoms with Crippen LogP contribution in [0, 0.1) is 0 Å². The van der Waals surface area contributed by atoms with Crippen molar-refractivity contribution in [2.24, 2.45) is 0 Å². The molecule has 0 saturated carbocycles. The summed E-state index contributed by atoms with van der Waals surface area (Å²) in [5.74, 6) is 0.959. The van der Waals surface area contributed by atoms with E-state index in [9.17, 15) is 0 Å². The molecule has 1 aromatic carbocycles. The summed E-state index contributed by atoms with van der Waals surface area (Å²) >= 11 is 5.34. The molecule has 0 spiro atoms. The Morgan fingerprint density at radius 2 is 2.29 bits per heavy atom. The molecule has 0 N–H and O–H groups in total. The summed E-state index contributed by atoms with van der Waals surface area (Å²) in [6.07, 6.45) is 1.02. The van der Waals surface area contributed by atoms with Crippen molar-refractivity contribution in [1.29, 1.82) is 0 Å². The van der Waals surface area contributed by atoms with E-state index in [1.54, 1.807) is 18.4 Å². The van der Waals surface area contributed by atoms with Gasteiger partial charge >= 0.3 is 0 Å². The first kappa shape index (κ1) is 9.99. The fourth-order valence-corrected chi connectivity index (χ4v) is 3.18. The summed E-state index contributed by atoms with van der Waals surface area (Å²) in [6.45, 7) is 2.15. The molecule has 0 unspecified atom stereocenters. The lowest BCUT2D eigenvalue weighted by atomic mass is 10.1. The number of hydrogen-bond donors (Lipinski definition) is 0. The molecule has 0 aliphatic carbocycles. The predicted octanol–water partition coefficient (Wildman–Crippen LogP) is 4.23. The van der Waals surface area contributed by atoms with Gasteiger partial charge in [-0.15, -0.1) is 11.3 Å². The SMILES string of the molecule is CCc1cc2sccc2c(OC)c1Br. The standard InChI is InChI=1S/C11H11BrOS/c1-3-7-6-9-8(4-5-14-9)11(13-2)10(7)12/h4-6H,3H2,1-2H3. The first-order chi connectivity index (χ1) is 6.77. The van der Waals surface area contributed by atoms with Crippen molar-refractivity contribution >= 4 is 37.4 Å². The Hall–Kier alpha value is -0.540. The lowest BCUT2D eigenvalue weighted by molar-refractivity contribution is 0.417. The zero-order chi connectivity index (χ0) is 10.1. The summed E-state index contributed by atoms with van der Waals surface area (Å²) in [4.78, 5) is 0. The summed E-state index contributed by atoms with van der Waals surface area (Å²) in [5.41, 5.74) is 1.30. The van der Waals surface area contributed by atoms with Crippen LogP contribution >= 0.6 is 27.3 Å². The van der Waals surface area contributed by atoms with E-state index in [1.165, 1.54) is 15.6 Å². The van der Waals surface area contributed by atoms with Crippen molar-refractivity contribution in [2.75, 3.05) is 7.11 Å². The van der Waals surface area contributed by atoms with E-state index in [4.69, 9.17) is 4.74 Å². The van der Waals surface area contributed by atoms with Crippen LogP contribution in [-0.2, 0) is 6.42 Å². The lowest BCUT2D eigenvalue weighted by Gasteiger charge is -2.09. The summed E-state index contributed by atoms with van der Waals surface area (Å²) in [5, 5.41) is 3.29. The molecular formula is C11H11BrOS. The maximum absolute atomic E-state index is 5.42. The maximum atomic E-state index is 5.42. The van der Waals surface area contributed by atoms with Crippen LogP contribution in [0.3, 0.4) is 0 Å². The molecule has 3 heteroatoms. The second kappa shape index (κ2) is 3.91. The average Bonchev–Trinajstić information content (AvgIpc) is 2.64. The van der Waals surface area contributed by atoms with Gasteiger partial charge in [0, 0.05) is 10.1 Å². The van der Waals surface area contributed by atoms with Crippen LogP contribution in [0.1, 0.15) is 12.5 Å². The molecule has 0 aliphatic rings. The largest absolute Gasteiger partial charge is 0.495 e. The molecule has 74 valence electrons. The zero-order valence-corrected chi connectivity index (χ0v) is 10.5. The Kier molecular flexibility index (Phi) is 2.79. The Bertz CT molecular complexity index is 462. The fraction of sp³-hybridized carbons (Fsp3) is 0.273. The highest BCUT2D eigenvalue weighted by Gasteiger charge is 2.11. The third kappa shape index (κ3) is 1.44. The molecule has 1 nitrogen and oxygen atoms in total. The van der Waals surface area contributed by atoms with Crippen LogP contribution in [-0.4, -0.2) is 7.11 Å². The second-order valence-corrected chi connectivity index (χ2v) is 4.81. The summed E-state index contributed by atoms with van der Waals surface area (Å²) in [6, 6.07) is 4.33. The fourth-order valence-electron chi connectivity index (χ4n) is 1.56. The van der Waals surface area contributed by atoms with Gasteiger partial charge in [-0.2, -0.15) is 0 Å². The van der Waals surface area contributed by atoms with Crippen molar-refractivity contribution in [1.82, 2.24) is 0 Å². The van der Waals surface area contributed by atoms with E-state index in [0.717, 1.165) is 16.6 Å². The van der Waals surface area contributed by atoms with Gasteiger partial charge in [0.1, 0.15) is 5.75 Å². The van der Waals surface area contributed by atoms with E-state index >= 15 is 0 Å². The van der Waals surface area contributed by atoms with Gasteiger partial charge in [-0.05, 0) is 45.4 Å². The molecule has 1 heterocycles. The van der Waals surface area contributed by atoms with Gasteiger partial charge in [0.2, 0.25) is 0 Å². The van der Waals surface area contributed by atoms with E-state index in [-0.39, 0.29) is 0 Å². The van der Waals surface area contributed by atoms with Crippen LogP contribution in [0.25, 0.3) is 10.1 Å². The molecule has 1 aromatic heterocycles. The number of thiophene rings is 1. The molecular weight excluding hydrogens is 260 g/mol. The number of benzene rings is 1. The number of halogens is 1. The van der Waals surface area contributed by atoms with Crippen molar-refractivity contribution in [3.05, 3.63) is 27.5 Å². The normalized spacial score (nSPS) is 10.8. The second-order valence-electron chi connectivity index (χ2n) is 3.07. The molecule has 0 amide bonds. The summed E-state index contributed by atoms with van der Waals surface area (Å²) in [7, 11) is 1.72. The molecule has 0 saturated heterocycles. The minimum atomic E-state index is 0.959. The van der Waals surface area contributed by atoms with E-state index in [1.807, 2.05) is 0 Å². The highest BCUT2D eigenvalue weighted by Crippen LogP contribution is 2.39. The highest BCUT2D eigenvalue weighted by atomic mass is 79.9. The molecule has 0 aliphatic heterocycles. The van der Waals surface area contributed by atoms with Crippen LogP contribution in [0.5, 0.6) is 5.75 Å². The third-order valence-corrected chi connectivity index (χ3v) is 4.04. The molecule has 14 heavy (non-hydrogen) atoms. The van der Waals surface area contributed by atoms with Gasteiger partial charge in [-0.25, -0.2) is 0 Å². The molecule has 0 radical (unpaired) electrons. The van der Waals surface area contributed by atoms with Crippen molar-refractivity contribution in [3.63, 3.8) is 0 Å². The van der Waals surface area contributed by atoms with E-state index in [0.29, 0.717) is 0 Å². The number of rotatable bonds is 2. The maximum Gasteiger partial charge on any atom is 0.141 e. The highest BCUT2D eigenvalue weighted by molar-refractivity contribution is 9.10. The van der Waals surface area contributed by atoms with Gasteiger partial charge in [-0.3, -0.25) is 0 Å². The minimum absolute atomic E-state index is 0.959. The molecule has 2 rings (SSSR count). The number of aryl methyl sites for hydroxylation is 1. The monoisotopic (exact) mass is 270 g/mol. The van der Waals surface area contributed by atoms with Gasteiger partial charge in [0.25, 0.3) is 0 Å². The van der Waals surface area contributed by atoms with Crippen molar-refractivity contribution in [3.8, 4) is 5.75 Å². The van der Waals surface area contributed by atoms with Gasteiger partial charge in [0.05, 0.1) is 11.6 Å². The Morgan fingerprint density at radius 1 is 1.50 bits per heavy atom. The van der Waals surface area contributed by atoms with Gasteiger partial charge < -0.3 is 4.74 Å². The van der Waals surface area contributed by atoms with Gasteiger partial charge in [0.15, 0.2) is 0 Å². The lowest BCUT2D eigenvalue weighted by Crippen LogP contribution is -1.89. The Balaban J connectivity index is 2.80. The van der Waals surface area contributed by atoms with Crippen molar-refractivity contribution < 1.29 is 4.74 Å². The Labute approximate surface area is 95.8 Å². The average molecular weight is 271 g/mol. The van der Waals surface area contributed by atoms with Gasteiger partial charge in [-0.1, -0.05) is 6.92 Å². The number of ether oxygens (including phenoxy) is 1. The van der Waals surface area contributed by atoms with Crippen LogP contribution in [0.15, 0.2) is 22.0 Å². The predicted molar refractivity (Wildman–Crippen MR) is 65.5 cm³/mol. The van der Waals surface area contributed by atoms with Crippen LogP contribution in [0.4, 0.5) is 0 Å². The summed E-state index contributed by atoms with van der Waals surface area (Å²) < 4.78 is 7.80. The topological polar surface area (TPSA) is 9.23 Å². The van der Waals surface area contributed by atoms with E-state index in [2.05, 4.69) is 40.4 Å². The molecule has 0 bridgehead atoms. The number of methoxy groups -OCH3 is 1. The number of fused-ring (bicyclic) bond motifs is 1. The first-order valence-corrected chi connectivity index (χ1v) is 6.17. The molecule has 0 fully saturated rings. The zero-order valence-electron chi connectivity index (χ0n) is 8.13. The molecule has 2 aromatic rings. The third-order valence-electron chi connectivity index (χ3n) is 2.31. The van der Waals surface area contributed by atoms with E-state index < -0.39 is 0 Å². The number of hydrogen-bond acceptors (Lipinski definition) is 2.